The lowest BCUT2D eigenvalue weighted by atomic mass is 10.1. The number of hydrogen-bond donors (Lipinski definition) is 2. The Balaban J connectivity index is 2.07. The van der Waals surface area contributed by atoms with Gasteiger partial charge in [-0.3, -0.25) is 0 Å². The first-order valence-electron chi connectivity index (χ1n) is 6.37. The predicted octanol–water partition coefficient (Wildman–Crippen LogP) is 4.39. The molecule has 2 amide bonds. The highest BCUT2D eigenvalue weighted by Crippen LogP contribution is 2.17. The molecule has 0 aliphatic carbocycles. The second kappa shape index (κ2) is 5.74. The van der Waals surface area contributed by atoms with Crippen LogP contribution in [0.3, 0.4) is 0 Å². The van der Waals surface area contributed by atoms with Crippen LogP contribution in [0, 0.1) is 26.6 Å². The summed E-state index contributed by atoms with van der Waals surface area (Å²) < 4.78 is 13.0. The van der Waals surface area contributed by atoms with Gasteiger partial charge in [-0.05, 0) is 67.8 Å². The van der Waals surface area contributed by atoms with E-state index in [1.54, 1.807) is 13.0 Å². The SMILES string of the molecule is Cc1ccc(NC(=O)Nc2ccc(F)cc2C)cc1C. The molecule has 0 saturated carbocycles. The van der Waals surface area contributed by atoms with E-state index in [4.69, 9.17) is 0 Å². The first kappa shape index (κ1) is 14.1. The summed E-state index contributed by atoms with van der Waals surface area (Å²) in [5.41, 5.74) is 4.28. The van der Waals surface area contributed by atoms with Gasteiger partial charge in [0.2, 0.25) is 0 Å². The van der Waals surface area contributed by atoms with Crippen molar-refractivity contribution in [1.82, 2.24) is 0 Å². The van der Waals surface area contributed by atoms with Crippen molar-refractivity contribution in [3.8, 4) is 0 Å². The lowest BCUT2D eigenvalue weighted by Gasteiger charge is -2.11. The number of benzene rings is 2. The standard InChI is InChI=1S/C16H17FN2O/c1-10-4-6-14(9-11(10)2)18-16(20)19-15-7-5-13(17)8-12(15)3/h4-9H,1-3H3,(H2,18,19,20). The second-order valence-corrected chi connectivity index (χ2v) is 4.84. The lowest BCUT2D eigenvalue weighted by molar-refractivity contribution is 0.262. The summed E-state index contributed by atoms with van der Waals surface area (Å²) in [4.78, 5) is 11.9. The molecule has 0 bridgehead atoms. The summed E-state index contributed by atoms with van der Waals surface area (Å²) in [7, 11) is 0. The van der Waals surface area contributed by atoms with Crippen molar-refractivity contribution in [3.05, 3.63) is 58.9 Å². The van der Waals surface area contributed by atoms with Gasteiger partial charge in [-0.2, -0.15) is 0 Å². The third-order valence-corrected chi connectivity index (χ3v) is 3.20. The van der Waals surface area contributed by atoms with E-state index in [1.807, 2.05) is 32.0 Å². The zero-order valence-corrected chi connectivity index (χ0v) is 11.8. The van der Waals surface area contributed by atoms with Crippen molar-refractivity contribution in [1.29, 1.82) is 0 Å². The van der Waals surface area contributed by atoms with E-state index in [-0.39, 0.29) is 11.8 Å². The fraction of sp³-hybridized carbons (Fsp3) is 0.188. The fourth-order valence-corrected chi connectivity index (χ4v) is 1.87. The molecule has 20 heavy (non-hydrogen) atoms. The van der Waals surface area contributed by atoms with Crippen LogP contribution < -0.4 is 10.6 Å². The van der Waals surface area contributed by atoms with E-state index in [0.717, 1.165) is 11.3 Å². The van der Waals surface area contributed by atoms with Crippen LogP contribution in [0.15, 0.2) is 36.4 Å². The topological polar surface area (TPSA) is 41.1 Å². The van der Waals surface area contributed by atoms with E-state index in [1.165, 1.54) is 17.7 Å². The minimum absolute atomic E-state index is 0.317. The quantitative estimate of drug-likeness (QED) is 0.836. The zero-order valence-electron chi connectivity index (χ0n) is 11.8. The van der Waals surface area contributed by atoms with E-state index in [2.05, 4.69) is 10.6 Å². The Bertz CT molecular complexity index is 653. The maximum absolute atomic E-state index is 13.0. The van der Waals surface area contributed by atoms with Gasteiger partial charge in [0.15, 0.2) is 0 Å². The van der Waals surface area contributed by atoms with Gasteiger partial charge in [0.25, 0.3) is 0 Å². The van der Waals surface area contributed by atoms with E-state index >= 15 is 0 Å². The number of halogens is 1. The van der Waals surface area contributed by atoms with Crippen LogP contribution in [-0.4, -0.2) is 6.03 Å². The van der Waals surface area contributed by atoms with Crippen molar-refractivity contribution in [2.24, 2.45) is 0 Å². The molecule has 0 heterocycles. The molecule has 0 atom stereocenters. The fourth-order valence-electron chi connectivity index (χ4n) is 1.87. The summed E-state index contributed by atoms with van der Waals surface area (Å²) in [6, 6.07) is 9.61. The van der Waals surface area contributed by atoms with Crippen molar-refractivity contribution in [2.45, 2.75) is 20.8 Å². The molecule has 3 nitrogen and oxygen atoms in total. The molecule has 0 saturated heterocycles. The number of anilines is 2. The van der Waals surface area contributed by atoms with E-state index in [9.17, 15) is 9.18 Å². The number of aryl methyl sites for hydroxylation is 3. The third kappa shape index (κ3) is 3.35. The molecule has 2 N–H and O–H groups in total. The molecule has 0 aliphatic heterocycles. The average molecular weight is 272 g/mol. The van der Waals surface area contributed by atoms with Crippen LogP contribution in [0.5, 0.6) is 0 Å². The Labute approximate surface area is 117 Å². The number of nitrogens with one attached hydrogen (secondary N) is 2. The third-order valence-electron chi connectivity index (χ3n) is 3.20. The monoisotopic (exact) mass is 272 g/mol. The maximum Gasteiger partial charge on any atom is 0.323 e. The molecule has 104 valence electrons. The van der Waals surface area contributed by atoms with Crippen molar-refractivity contribution in [3.63, 3.8) is 0 Å². The summed E-state index contributed by atoms with van der Waals surface area (Å²) in [6.45, 7) is 5.75. The van der Waals surface area contributed by atoms with Crippen molar-refractivity contribution < 1.29 is 9.18 Å². The Morgan fingerprint density at radius 3 is 2.30 bits per heavy atom. The number of rotatable bonds is 2. The van der Waals surface area contributed by atoms with Gasteiger partial charge in [-0.15, -0.1) is 0 Å². The van der Waals surface area contributed by atoms with Gasteiger partial charge in [-0.1, -0.05) is 6.07 Å². The molecule has 0 aromatic heterocycles. The molecule has 0 radical (unpaired) electrons. The van der Waals surface area contributed by atoms with Crippen LogP contribution in [-0.2, 0) is 0 Å². The Hall–Kier alpha value is -2.36. The van der Waals surface area contributed by atoms with E-state index in [0.29, 0.717) is 11.3 Å². The number of carbonyl (C=O) groups excluding carboxylic acids is 1. The molecular formula is C16H17FN2O. The molecular weight excluding hydrogens is 255 g/mol. The molecule has 2 rings (SSSR count). The first-order chi connectivity index (χ1) is 9.45. The zero-order chi connectivity index (χ0) is 14.7. The number of urea groups is 1. The van der Waals surface area contributed by atoms with Crippen LogP contribution in [0.2, 0.25) is 0 Å². The normalized spacial score (nSPS) is 10.2. The number of amides is 2. The Morgan fingerprint density at radius 1 is 0.900 bits per heavy atom. The van der Waals surface area contributed by atoms with Gasteiger partial charge < -0.3 is 10.6 Å². The van der Waals surface area contributed by atoms with Gasteiger partial charge in [0, 0.05) is 11.4 Å². The molecule has 0 aliphatic rings. The highest BCUT2D eigenvalue weighted by molar-refractivity contribution is 6.00. The van der Waals surface area contributed by atoms with Gasteiger partial charge in [0.05, 0.1) is 0 Å². The largest absolute Gasteiger partial charge is 0.323 e. The molecule has 4 heteroatoms. The van der Waals surface area contributed by atoms with Gasteiger partial charge >= 0.3 is 6.03 Å². The van der Waals surface area contributed by atoms with Crippen LogP contribution >= 0.6 is 0 Å². The smallest absolute Gasteiger partial charge is 0.308 e. The number of hydrogen-bond acceptors (Lipinski definition) is 1. The molecule has 2 aromatic carbocycles. The Morgan fingerprint density at radius 2 is 1.65 bits per heavy atom. The number of carbonyl (C=O) groups is 1. The summed E-state index contributed by atoms with van der Waals surface area (Å²) in [6.07, 6.45) is 0. The van der Waals surface area contributed by atoms with Crippen LogP contribution in [0.1, 0.15) is 16.7 Å². The van der Waals surface area contributed by atoms with Gasteiger partial charge in [0.1, 0.15) is 5.82 Å². The highest BCUT2D eigenvalue weighted by Gasteiger charge is 2.06. The van der Waals surface area contributed by atoms with Crippen LogP contribution in [0.25, 0.3) is 0 Å². The first-order valence-corrected chi connectivity index (χ1v) is 6.37. The Kier molecular flexibility index (Phi) is 4.03. The molecule has 2 aromatic rings. The second-order valence-electron chi connectivity index (χ2n) is 4.84. The van der Waals surface area contributed by atoms with Gasteiger partial charge in [-0.25, -0.2) is 9.18 Å². The summed E-state index contributed by atoms with van der Waals surface area (Å²) in [5, 5.41) is 5.46. The maximum atomic E-state index is 13.0. The van der Waals surface area contributed by atoms with Crippen LogP contribution in [0.4, 0.5) is 20.6 Å². The molecule has 0 fully saturated rings. The summed E-state index contributed by atoms with van der Waals surface area (Å²) >= 11 is 0. The summed E-state index contributed by atoms with van der Waals surface area (Å²) in [5.74, 6) is -0.317. The van der Waals surface area contributed by atoms with Crippen molar-refractivity contribution in [2.75, 3.05) is 10.6 Å². The van der Waals surface area contributed by atoms with Crippen molar-refractivity contribution >= 4 is 17.4 Å². The van der Waals surface area contributed by atoms with E-state index < -0.39 is 0 Å². The lowest BCUT2D eigenvalue weighted by Crippen LogP contribution is -2.20. The predicted molar refractivity (Wildman–Crippen MR) is 79.7 cm³/mol. The molecule has 0 unspecified atom stereocenters. The molecule has 0 spiro atoms. The minimum atomic E-state index is -0.344. The average Bonchev–Trinajstić information content (AvgIpc) is 2.37. The minimum Gasteiger partial charge on any atom is -0.308 e. The highest BCUT2D eigenvalue weighted by atomic mass is 19.1.